The van der Waals surface area contributed by atoms with Crippen LogP contribution in [0, 0.1) is 5.82 Å². The fraction of sp³-hybridized carbons (Fsp3) is 0.350. The minimum Gasteiger partial charge on any atom is -0.339 e. The minimum atomic E-state index is -3.71. The predicted octanol–water partition coefficient (Wildman–Crippen LogP) is 3.32. The van der Waals surface area contributed by atoms with Crippen molar-refractivity contribution in [2.45, 2.75) is 37.1 Å². The van der Waals surface area contributed by atoms with Crippen molar-refractivity contribution in [3.05, 3.63) is 65.5 Å². The summed E-state index contributed by atoms with van der Waals surface area (Å²) in [7, 11) is -3.71. The number of sulfonamides is 1. The van der Waals surface area contributed by atoms with E-state index < -0.39 is 10.0 Å². The fourth-order valence-electron chi connectivity index (χ4n) is 3.10. The number of hydrogen-bond donors (Lipinski definition) is 1. The quantitative estimate of drug-likeness (QED) is 0.852. The summed E-state index contributed by atoms with van der Waals surface area (Å²) in [5.74, 6) is -0.425. The summed E-state index contributed by atoms with van der Waals surface area (Å²) in [5.41, 5.74) is 1.15. The Balaban J connectivity index is 1.66. The van der Waals surface area contributed by atoms with Crippen LogP contribution in [-0.2, 0) is 16.6 Å². The molecule has 27 heavy (non-hydrogen) atoms. The van der Waals surface area contributed by atoms with E-state index in [4.69, 9.17) is 0 Å². The van der Waals surface area contributed by atoms with Crippen molar-refractivity contribution in [2.75, 3.05) is 13.1 Å². The van der Waals surface area contributed by atoms with Crippen LogP contribution in [0.4, 0.5) is 4.39 Å². The molecule has 0 aliphatic carbocycles. The van der Waals surface area contributed by atoms with Crippen LogP contribution in [0.5, 0.6) is 0 Å². The molecular formula is C20H23FN2O3S. The zero-order valence-electron chi connectivity index (χ0n) is 15.0. The summed E-state index contributed by atoms with van der Waals surface area (Å²) in [6.07, 6.45) is 4.29. The Morgan fingerprint density at radius 3 is 2.11 bits per heavy atom. The summed E-state index contributed by atoms with van der Waals surface area (Å²) >= 11 is 0. The molecule has 1 aliphatic heterocycles. The van der Waals surface area contributed by atoms with E-state index >= 15 is 0 Å². The van der Waals surface area contributed by atoms with Crippen LogP contribution in [0.15, 0.2) is 53.4 Å². The summed E-state index contributed by atoms with van der Waals surface area (Å²) in [5, 5.41) is 0. The lowest BCUT2D eigenvalue weighted by Gasteiger charge is -2.20. The first-order valence-electron chi connectivity index (χ1n) is 9.09. The Kier molecular flexibility index (Phi) is 6.23. The summed E-state index contributed by atoms with van der Waals surface area (Å²) in [4.78, 5) is 14.5. The molecule has 1 heterocycles. The van der Waals surface area contributed by atoms with Crippen molar-refractivity contribution in [3.63, 3.8) is 0 Å². The van der Waals surface area contributed by atoms with E-state index in [0.717, 1.165) is 38.8 Å². The van der Waals surface area contributed by atoms with Crippen molar-refractivity contribution < 1.29 is 17.6 Å². The lowest BCUT2D eigenvalue weighted by molar-refractivity contribution is 0.0761. The fourth-order valence-corrected chi connectivity index (χ4v) is 4.11. The lowest BCUT2D eigenvalue weighted by atomic mass is 10.2. The van der Waals surface area contributed by atoms with Crippen molar-refractivity contribution in [1.82, 2.24) is 9.62 Å². The average molecular weight is 390 g/mol. The highest BCUT2D eigenvalue weighted by Crippen LogP contribution is 2.16. The van der Waals surface area contributed by atoms with Crippen LogP contribution in [-0.4, -0.2) is 32.3 Å². The SMILES string of the molecule is O=C(c1ccc(S(=O)(=O)NCc2ccc(F)cc2)cc1)N1CCCCCC1. The molecule has 3 rings (SSSR count). The normalized spacial score (nSPS) is 15.4. The van der Waals surface area contributed by atoms with Gasteiger partial charge in [0.2, 0.25) is 10.0 Å². The van der Waals surface area contributed by atoms with Crippen molar-refractivity contribution >= 4 is 15.9 Å². The second kappa shape index (κ2) is 8.63. The Bertz CT molecular complexity index is 872. The number of nitrogens with one attached hydrogen (secondary N) is 1. The van der Waals surface area contributed by atoms with Crippen LogP contribution >= 0.6 is 0 Å². The first kappa shape index (κ1) is 19.5. The average Bonchev–Trinajstić information content (AvgIpc) is 2.97. The molecule has 0 atom stereocenters. The largest absolute Gasteiger partial charge is 0.339 e. The number of hydrogen-bond acceptors (Lipinski definition) is 3. The maximum Gasteiger partial charge on any atom is 0.253 e. The van der Waals surface area contributed by atoms with E-state index in [-0.39, 0.29) is 23.2 Å². The van der Waals surface area contributed by atoms with E-state index in [1.165, 1.54) is 36.4 Å². The minimum absolute atomic E-state index is 0.0554. The molecule has 7 heteroatoms. The van der Waals surface area contributed by atoms with Crippen LogP contribution in [0.25, 0.3) is 0 Å². The molecule has 1 saturated heterocycles. The number of halogens is 1. The van der Waals surface area contributed by atoms with Crippen LogP contribution in [0.3, 0.4) is 0 Å². The van der Waals surface area contributed by atoms with E-state index in [9.17, 15) is 17.6 Å². The van der Waals surface area contributed by atoms with Gasteiger partial charge < -0.3 is 4.90 Å². The molecule has 5 nitrogen and oxygen atoms in total. The van der Waals surface area contributed by atoms with Crippen molar-refractivity contribution in [2.24, 2.45) is 0 Å². The molecule has 0 saturated carbocycles. The third-order valence-corrected chi connectivity index (χ3v) is 6.10. The highest BCUT2D eigenvalue weighted by molar-refractivity contribution is 7.89. The highest BCUT2D eigenvalue weighted by atomic mass is 32.2. The predicted molar refractivity (Wildman–Crippen MR) is 101 cm³/mol. The van der Waals surface area contributed by atoms with Gasteiger partial charge in [-0.2, -0.15) is 0 Å². The zero-order valence-corrected chi connectivity index (χ0v) is 15.8. The van der Waals surface area contributed by atoms with Gasteiger partial charge in [-0.1, -0.05) is 25.0 Å². The van der Waals surface area contributed by atoms with Gasteiger partial charge in [0.15, 0.2) is 0 Å². The number of amides is 1. The molecule has 0 radical (unpaired) electrons. The molecule has 0 unspecified atom stereocenters. The molecule has 1 amide bonds. The smallest absolute Gasteiger partial charge is 0.253 e. The first-order chi connectivity index (χ1) is 13.0. The molecule has 0 aromatic heterocycles. The third kappa shape index (κ3) is 5.14. The molecule has 144 valence electrons. The molecule has 1 aliphatic rings. The number of likely N-dealkylation sites (tertiary alicyclic amines) is 1. The molecule has 0 bridgehead atoms. The standard InChI is InChI=1S/C20H23FN2O3S/c21-18-9-5-16(6-10-18)15-22-27(25,26)19-11-7-17(8-12-19)20(24)23-13-3-1-2-4-14-23/h5-12,22H,1-4,13-15H2. The topological polar surface area (TPSA) is 66.5 Å². The molecule has 2 aromatic rings. The molecule has 0 spiro atoms. The zero-order chi connectivity index (χ0) is 19.3. The summed E-state index contributed by atoms with van der Waals surface area (Å²) < 4.78 is 40.2. The van der Waals surface area contributed by atoms with Crippen molar-refractivity contribution in [3.8, 4) is 0 Å². The van der Waals surface area contributed by atoms with Gasteiger partial charge in [-0.05, 0) is 54.8 Å². The van der Waals surface area contributed by atoms with E-state index in [1.54, 1.807) is 12.1 Å². The van der Waals surface area contributed by atoms with E-state index in [0.29, 0.717) is 11.1 Å². The number of nitrogens with zero attached hydrogens (tertiary/aromatic N) is 1. The maximum absolute atomic E-state index is 12.9. The van der Waals surface area contributed by atoms with Crippen LogP contribution in [0.1, 0.15) is 41.6 Å². The summed E-state index contributed by atoms with van der Waals surface area (Å²) in [6, 6.07) is 11.6. The van der Waals surface area contributed by atoms with Gasteiger partial charge in [0.25, 0.3) is 5.91 Å². The molecule has 1 N–H and O–H groups in total. The Hall–Kier alpha value is -2.25. The van der Waals surface area contributed by atoms with Gasteiger partial charge in [0, 0.05) is 25.2 Å². The van der Waals surface area contributed by atoms with Gasteiger partial charge >= 0.3 is 0 Å². The van der Waals surface area contributed by atoms with E-state index in [1.807, 2.05) is 4.90 Å². The third-order valence-electron chi connectivity index (χ3n) is 4.68. The second-order valence-electron chi connectivity index (χ2n) is 6.68. The van der Waals surface area contributed by atoms with Gasteiger partial charge in [0.1, 0.15) is 5.82 Å². The van der Waals surface area contributed by atoms with Gasteiger partial charge in [-0.3, -0.25) is 4.79 Å². The summed E-state index contributed by atoms with van der Waals surface area (Å²) in [6.45, 7) is 1.56. The Morgan fingerprint density at radius 1 is 0.926 bits per heavy atom. The molecule has 1 fully saturated rings. The van der Waals surface area contributed by atoms with Crippen LogP contribution in [0.2, 0.25) is 0 Å². The van der Waals surface area contributed by atoms with Gasteiger partial charge in [-0.15, -0.1) is 0 Å². The second-order valence-corrected chi connectivity index (χ2v) is 8.45. The number of carbonyl (C=O) groups excluding carboxylic acids is 1. The van der Waals surface area contributed by atoms with Gasteiger partial charge in [0.05, 0.1) is 4.90 Å². The Labute approximate surface area is 159 Å². The monoisotopic (exact) mass is 390 g/mol. The maximum atomic E-state index is 12.9. The lowest BCUT2D eigenvalue weighted by Crippen LogP contribution is -2.31. The molecule has 2 aromatic carbocycles. The van der Waals surface area contributed by atoms with Crippen molar-refractivity contribution in [1.29, 1.82) is 0 Å². The molecular weight excluding hydrogens is 367 g/mol. The number of carbonyl (C=O) groups is 1. The van der Waals surface area contributed by atoms with Crippen LogP contribution < -0.4 is 4.72 Å². The Morgan fingerprint density at radius 2 is 1.52 bits per heavy atom. The number of benzene rings is 2. The highest BCUT2D eigenvalue weighted by Gasteiger charge is 2.19. The van der Waals surface area contributed by atoms with E-state index in [2.05, 4.69) is 4.72 Å². The number of rotatable bonds is 5. The first-order valence-corrected chi connectivity index (χ1v) is 10.6. The van der Waals surface area contributed by atoms with Gasteiger partial charge in [-0.25, -0.2) is 17.5 Å².